The first-order valence-electron chi connectivity index (χ1n) is 14.0. The summed E-state index contributed by atoms with van der Waals surface area (Å²) >= 11 is 0. The fourth-order valence-electron chi connectivity index (χ4n) is 8.89. The highest BCUT2D eigenvalue weighted by Gasteiger charge is 2.56. The Labute approximate surface area is 205 Å². The van der Waals surface area contributed by atoms with Gasteiger partial charge in [0.15, 0.2) is 8.32 Å². The van der Waals surface area contributed by atoms with Crippen LogP contribution in [-0.2, 0) is 4.43 Å². The van der Waals surface area contributed by atoms with Gasteiger partial charge < -0.3 is 9.53 Å². The van der Waals surface area contributed by atoms with Crippen LogP contribution in [-0.4, -0.2) is 25.1 Å². The van der Waals surface area contributed by atoms with E-state index in [-0.39, 0.29) is 11.7 Å². The summed E-state index contributed by atoms with van der Waals surface area (Å²) in [6.45, 7) is 19.2. The number of fused-ring (bicyclic) bond motifs is 5. The van der Waals surface area contributed by atoms with E-state index < -0.39 is 8.32 Å². The van der Waals surface area contributed by atoms with Crippen molar-refractivity contribution in [2.24, 2.45) is 34.5 Å². The molecule has 0 radical (unpaired) electrons. The van der Waals surface area contributed by atoms with Crippen LogP contribution in [0.25, 0.3) is 0 Å². The summed E-state index contributed by atoms with van der Waals surface area (Å²) in [6.07, 6.45) is 17.2. The van der Waals surface area contributed by atoms with Crippen molar-refractivity contribution in [3.8, 4) is 0 Å². The molecule has 7 atom stereocenters. The number of aliphatic hydroxyl groups excluding tert-OH is 1. The van der Waals surface area contributed by atoms with Crippen LogP contribution >= 0.6 is 0 Å². The Morgan fingerprint density at radius 2 is 1.79 bits per heavy atom. The summed E-state index contributed by atoms with van der Waals surface area (Å²) in [7, 11) is -1.49. The van der Waals surface area contributed by atoms with Crippen molar-refractivity contribution in [3.63, 3.8) is 0 Å². The van der Waals surface area contributed by atoms with Gasteiger partial charge in [0.2, 0.25) is 0 Å². The van der Waals surface area contributed by atoms with E-state index >= 15 is 0 Å². The molecule has 1 N–H and O–H groups in total. The minimum absolute atomic E-state index is 0.0182. The van der Waals surface area contributed by atoms with Crippen LogP contribution < -0.4 is 0 Å². The largest absolute Gasteiger partial charge is 0.413 e. The van der Waals surface area contributed by atoms with E-state index in [1.807, 2.05) is 0 Å². The number of aliphatic hydroxyl groups is 1. The van der Waals surface area contributed by atoms with E-state index in [1.165, 1.54) is 56.9 Å². The van der Waals surface area contributed by atoms with Crippen molar-refractivity contribution in [1.82, 2.24) is 0 Å². The maximum atomic E-state index is 10.3. The lowest BCUT2D eigenvalue weighted by molar-refractivity contribution is 0.0308. The van der Waals surface area contributed by atoms with Gasteiger partial charge >= 0.3 is 0 Å². The van der Waals surface area contributed by atoms with Crippen molar-refractivity contribution in [2.75, 3.05) is 0 Å². The molecule has 0 bridgehead atoms. The molecule has 0 amide bonds. The standard InChI is InChI=1S/C30H52O2Si/c1-21(10-9-17-28(2,3)32-33(6,7)8)25-13-14-26-24-12-11-22-20-23(31)15-18-29(22,4)27(24)16-19-30(25,26)5/h11-12,21,23,25-27,31H,9-10,13-20H2,1-8H3/t21-,23+,25-,26?,27?,29+,30-/m1/s1. The molecular weight excluding hydrogens is 420 g/mol. The van der Waals surface area contributed by atoms with Crippen molar-refractivity contribution in [3.05, 3.63) is 23.3 Å². The van der Waals surface area contributed by atoms with Crippen LogP contribution in [0.3, 0.4) is 0 Å². The summed E-state index contributed by atoms with van der Waals surface area (Å²) in [5.41, 5.74) is 4.11. The zero-order valence-electron chi connectivity index (χ0n) is 23.0. The molecule has 0 aromatic carbocycles. The number of hydrogen-bond donors (Lipinski definition) is 1. The number of hydrogen-bond acceptors (Lipinski definition) is 2. The van der Waals surface area contributed by atoms with Gasteiger partial charge in [-0.05, 0) is 119 Å². The third-order valence-corrected chi connectivity index (χ3v) is 11.5. The van der Waals surface area contributed by atoms with Gasteiger partial charge in [-0.2, -0.15) is 0 Å². The van der Waals surface area contributed by atoms with E-state index in [2.05, 4.69) is 66.4 Å². The van der Waals surface area contributed by atoms with Gasteiger partial charge in [-0.3, -0.25) is 0 Å². The summed E-state index contributed by atoms with van der Waals surface area (Å²) in [5, 5.41) is 10.3. The molecule has 0 aliphatic heterocycles. The molecule has 2 nitrogen and oxygen atoms in total. The van der Waals surface area contributed by atoms with Gasteiger partial charge in [-0.15, -0.1) is 0 Å². The molecular formula is C30H52O2Si. The minimum atomic E-state index is -1.49. The average molecular weight is 473 g/mol. The molecule has 0 saturated heterocycles. The second-order valence-corrected chi connectivity index (χ2v) is 18.8. The fraction of sp³-hybridized carbons (Fsp3) is 0.867. The van der Waals surface area contributed by atoms with E-state index in [9.17, 15) is 5.11 Å². The lowest BCUT2D eigenvalue weighted by atomic mass is 9.50. The molecule has 188 valence electrons. The summed E-state index contributed by atoms with van der Waals surface area (Å²) in [6, 6.07) is 0. The van der Waals surface area contributed by atoms with Crippen LogP contribution in [0.2, 0.25) is 19.6 Å². The predicted molar refractivity (Wildman–Crippen MR) is 143 cm³/mol. The second kappa shape index (κ2) is 8.93. The first-order valence-corrected chi connectivity index (χ1v) is 17.5. The highest BCUT2D eigenvalue weighted by molar-refractivity contribution is 6.69. The van der Waals surface area contributed by atoms with E-state index in [4.69, 9.17) is 4.43 Å². The van der Waals surface area contributed by atoms with Crippen LogP contribution in [0.4, 0.5) is 0 Å². The minimum Gasteiger partial charge on any atom is -0.413 e. The van der Waals surface area contributed by atoms with E-state index in [0.717, 1.165) is 36.5 Å². The quantitative estimate of drug-likeness (QED) is 0.378. The maximum Gasteiger partial charge on any atom is 0.184 e. The highest BCUT2D eigenvalue weighted by atomic mass is 28.4. The highest BCUT2D eigenvalue weighted by Crippen LogP contribution is 2.66. The van der Waals surface area contributed by atoms with E-state index in [1.54, 1.807) is 5.57 Å². The molecule has 0 aromatic heterocycles. The van der Waals surface area contributed by atoms with Crippen LogP contribution in [0.5, 0.6) is 0 Å². The maximum absolute atomic E-state index is 10.3. The molecule has 0 aromatic rings. The van der Waals surface area contributed by atoms with Gasteiger partial charge in [0.05, 0.1) is 11.7 Å². The molecule has 33 heavy (non-hydrogen) atoms. The van der Waals surface area contributed by atoms with Crippen molar-refractivity contribution in [1.29, 1.82) is 0 Å². The molecule has 0 heterocycles. The molecule has 3 heteroatoms. The summed E-state index contributed by atoms with van der Waals surface area (Å²) < 4.78 is 6.47. The SMILES string of the molecule is C[C@H](CCCC(C)(C)O[Si](C)(C)C)[C@H]1CCC2C3=CC=C4C[C@@H](O)CC[C@]4(C)C3CC[C@@]21C. The Hall–Kier alpha value is -0.383. The van der Waals surface area contributed by atoms with Crippen LogP contribution in [0, 0.1) is 34.5 Å². The first kappa shape index (κ1) is 25.7. The molecule has 4 rings (SSSR count). The summed E-state index contributed by atoms with van der Waals surface area (Å²) in [4.78, 5) is 0. The Morgan fingerprint density at radius 3 is 2.48 bits per heavy atom. The van der Waals surface area contributed by atoms with Gasteiger partial charge in [0.1, 0.15) is 0 Å². The van der Waals surface area contributed by atoms with Crippen LogP contribution in [0.1, 0.15) is 98.8 Å². The molecule has 3 fully saturated rings. The normalized spacial score (nSPS) is 39.8. The Morgan fingerprint density at radius 1 is 1.06 bits per heavy atom. The lowest BCUT2D eigenvalue weighted by Crippen LogP contribution is -2.46. The Balaban J connectivity index is 1.42. The Bertz CT molecular complexity index is 790. The Kier molecular flexibility index (Phi) is 6.95. The van der Waals surface area contributed by atoms with E-state index in [0.29, 0.717) is 10.8 Å². The monoisotopic (exact) mass is 472 g/mol. The number of allylic oxidation sites excluding steroid dienone is 3. The fourth-order valence-corrected chi connectivity index (χ4v) is 10.6. The third kappa shape index (κ3) is 4.98. The zero-order valence-corrected chi connectivity index (χ0v) is 24.0. The molecule has 3 saturated carbocycles. The van der Waals surface area contributed by atoms with Crippen LogP contribution in [0.15, 0.2) is 23.3 Å². The average Bonchev–Trinajstić information content (AvgIpc) is 3.03. The second-order valence-electron chi connectivity index (χ2n) is 14.3. The third-order valence-electron chi connectivity index (χ3n) is 10.3. The van der Waals surface area contributed by atoms with Gasteiger partial charge in [0, 0.05) is 0 Å². The topological polar surface area (TPSA) is 29.5 Å². The van der Waals surface area contributed by atoms with Gasteiger partial charge in [-0.25, -0.2) is 0 Å². The summed E-state index contributed by atoms with van der Waals surface area (Å²) in [5.74, 6) is 3.15. The molecule has 4 aliphatic rings. The van der Waals surface area contributed by atoms with Gasteiger partial charge in [0.25, 0.3) is 0 Å². The van der Waals surface area contributed by atoms with Crippen molar-refractivity contribution in [2.45, 2.75) is 130 Å². The smallest absolute Gasteiger partial charge is 0.184 e. The van der Waals surface area contributed by atoms with Crippen molar-refractivity contribution < 1.29 is 9.53 Å². The predicted octanol–water partition coefficient (Wildman–Crippen LogP) is 8.28. The number of rotatable bonds is 7. The lowest BCUT2D eigenvalue weighted by Gasteiger charge is -2.55. The van der Waals surface area contributed by atoms with Crippen molar-refractivity contribution >= 4 is 8.32 Å². The first-order chi connectivity index (χ1) is 15.3. The molecule has 0 spiro atoms. The molecule has 2 unspecified atom stereocenters. The zero-order chi connectivity index (χ0) is 24.2. The molecule has 4 aliphatic carbocycles. The van der Waals surface area contributed by atoms with Gasteiger partial charge in [-0.1, -0.05) is 56.9 Å².